The summed E-state index contributed by atoms with van der Waals surface area (Å²) in [5, 5.41) is 4.28. The van der Waals surface area contributed by atoms with Gasteiger partial charge < -0.3 is 9.47 Å². The Morgan fingerprint density at radius 1 is 1.16 bits per heavy atom. The van der Waals surface area contributed by atoms with E-state index in [2.05, 4.69) is 21.0 Å². The molecule has 3 heterocycles. The SMILES string of the molecule is COCc1ccc(OC)c(CN2CCC(c3cc4nc(C)cc(C(F)(F)F)n4n3)C2)c1. The molecule has 0 bridgehead atoms. The highest BCUT2D eigenvalue weighted by molar-refractivity contribution is 5.43. The fourth-order valence-electron chi connectivity index (χ4n) is 4.19. The summed E-state index contributed by atoms with van der Waals surface area (Å²) < 4.78 is 51.9. The lowest BCUT2D eigenvalue weighted by Gasteiger charge is -2.18. The molecule has 6 nitrogen and oxygen atoms in total. The van der Waals surface area contributed by atoms with Crippen molar-refractivity contribution in [2.45, 2.75) is 38.6 Å². The third kappa shape index (κ3) is 4.52. The van der Waals surface area contributed by atoms with Crippen molar-refractivity contribution in [3.8, 4) is 5.75 Å². The van der Waals surface area contributed by atoms with Crippen molar-refractivity contribution in [1.82, 2.24) is 19.5 Å². The molecule has 1 unspecified atom stereocenters. The molecule has 4 rings (SSSR count). The topological polar surface area (TPSA) is 51.9 Å². The van der Waals surface area contributed by atoms with Gasteiger partial charge in [0.05, 0.1) is 19.4 Å². The van der Waals surface area contributed by atoms with Gasteiger partial charge in [0.25, 0.3) is 0 Å². The van der Waals surface area contributed by atoms with Crippen LogP contribution in [0.1, 0.15) is 40.5 Å². The van der Waals surface area contributed by atoms with Gasteiger partial charge in [-0.05, 0) is 43.7 Å². The lowest BCUT2D eigenvalue weighted by Crippen LogP contribution is -2.20. The van der Waals surface area contributed by atoms with Gasteiger partial charge >= 0.3 is 6.18 Å². The van der Waals surface area contributed by atoms with Crippen molar-refractivity contribution in [2.24, 2.45) is 0 Å². The molecule has 3 aromatic rings. The zero-order valence-electron chi connectivity index (χ0n) is 17.7. The van der Waals surface area contributed by atoms with Gasteiger partial charge in [-0.1, -0.05) is 6.07 Å². The van der Waals surface area contributed by atoms with E-state index in [9.17, 15) is 13.2 Å². The van der Waals surface area contributed by atoms with Gasteiger partial charge in [0, 0.05) is 43.4 Å². The Kier molecular flexibility index (Phi) is 5.90. The fraction of sp³-hybridized carbons (Fsp3) is 0.455. The van der Waals surface area contributed by atoms with Crippen LogP contribution < -0.4 is 4.74 Å². The third-order valence-electron chi connectivity index (χ3n) is 5.61. The molecule has 0 saturated carbocycles. The molecule has 9 heteroatoms. The standard InChI is InChI=1S/C22H25F3N4O2/c1-14-8-20(22(23,24)25)29-21(26-14)10-18(27-29)16-6-7-28(11-16)12-17-9-15(13-30-2)4-5-19(17)31-3/h4-5,8-10,16H,6-7,11-13H2,1-3H3. The van der Waals surface area contributed by atoms with Crippen LogP contribution in [0.25, 0.3) is 5.65 Å². The molecule has 2 aromatic heterocycles. The first-order valence-corrected chi connectivity index (χ1v) is 10.1. The predicted molar refractivity (Wildman–Crippen MR) is 109 cm³/mol. The third-order valence-corrected chi connectivity index (χ3v) is 5.61. The Bertz CT molecular complexity index is 1080. The summed E-state index contributed by atoms with van der Waals surface area (Å²) in [6.07, 6.45) is -3.66. The molecule has 1 aromatic carbocycles. The average Bonchev–Trinajstić information content (AvgIpc) is 3.34. The van der Waals surface area contributed by atoms with Gasteiger partial charge in [-0.2, -0.15) is 18.3 Å². The summed E-state index contributed by atoms with van der Waals surface area (Å²) >= 11 is 0. The van der Waals surface area contributed by atoms with E-state index in [0.29, 0.717) is 31.1 Å². The molecule has 1 aliphatic heterocycles. The molecule has 0 amide bonds. The van der Waals surface area contributed by atoms with Crippen molar-refractivity contribution < 1.29 is 22.6 Å². The number of likely N-dealkylation sites (tertiary alicyclic amines) is 1. The summed E-state index contributed by atoms with van der Waals surface area (Å²) in [7, 11) is 3.30. The van der Waals surface area contributed by atoms with Crippen molar-refractivity contribution in [2.75, 3.05) is 27.3 Å². The lowest BCUT2D eigenvalue weighted by atomic mass is 10.1. The highest BCUT2D eigenvalue weighted by Gasteiger charge is 2.35. The number of alkyl halides is 3. The van der Waals surface area contributed by atoms with E-state index in [-0.39, 0.29) is 11.6 Å². The summed E-state index contributed by atoms with van der Waals surface area (Å²) in [4.78, 5) is 6.51. The summed E-state index contributed by atoms with van der Waals surface area (Å²) in [6, 6.07) is 8.69. The quantitative estimate of drug-likeness (QED) is 0.582. The molecule has 0 spiro atoms. The predicted octanol–water partition coefficient (Wildman–Crippen LogP) is 4.20. The minimum absolute atomic E-state index is 0.0521. The van der Waals surface area contributed by atoms with Crippen LogP contribution in [0.2, 0.25) is 0 Å². The van der Waals surface area contributed by atoms with Gasteiger partial charge in [-0.3, -0.25) is 4.90 Å². The van der Waals surface area contributed by atoms with E-state index >= 15 is 0 Å². The summed E-state index contributed by atoms with van der Waals surface area (Å²) in [6.45, 7) is 4.31. The van der Waals surface area contributed by atoms with Gasteiger partial charge in [-0.15, -0.1) is 0 Å². The van der Waals surface area contributed by atoms with Crippen molar-refractivity contribution in [1.29, 1.82) is 0 Å². The maximum absolute atomic E-state index is 13.4. The Morgan fingerprint density at radius 3 is 2.68 bits per heavy atom. The normalized spacial score (nSPS) is 17.5. The van der Waals surface area contributed by atoms with Crippen LogP contribution >= 0.6 is 0 Å². The zero-order valence-corrected chi connectivity index (χ0v) is 17.7. The van der Waals surface area contributed by atoms with E-state index < -0.39 is 11.9 Å². The molecule has 0 N–H and O–H groups in total. The second kappa shape index (κ2) is 8.47. The number of hydrogen-bond acceptors (Lipinski definition) is 5. The zero-order chi connectivity index (χ0) is 22.2. The summed E-state index contributed by atoms with van der Waals surface area (Å²) in [5.74, 6) is 0.863. The Hall–Kier alpha value is -2.65. The number of ether oxygens (including phenoxy) is 2. The highest BCUT2D eigenvalue weighted by Crippen LogP contribution is 2.33. The number of rotatable bonds is 6. The summed E-state index contributed by atoms with van der Waals surface area (Å²) in [5.41, 5.74) is 2.53. The van der Waals surface area contributed by atoms with Gasteiger partial charge in [0.15, 0.2) is 5.65 Å². The van der Waals surface area contributed by atoms with E-state index in [1.807, 2.05) is 12.1 Å². The second-order valence-electron chi connectivity index (χ2n) is 7.92. The maximum atomic E-state index is 13.4. The minimum atomic E-state index is -4.49. The Balaban J connectivity index is 1.54. The number of aromatic nitrogens is 3. The molecule has 1 saturated heterocycles. The monoisotopic (exact) mass is 434 g/mol. The van der Waals surface area contributed by atoms with Gasteiger partial charge in [0.1, 0.15) is 11.4 Å². The van der Waals surface area contributed by atoms with Crippen molar-refractivity contribution in [3.05, 3.63) is 58.5 Å². The highest BCUT2D eigenvalue weighted by atomic mass is 19.4. The van der Waals surface area contributed by atoms with E-state index in [1.54, 1.807) is 27.2 Å². The fourth-order valence-corrected chi connectivity index (χ4v) is 4.19. The molecule has 166 valence electrons. The number of methoxy groups -OCH3 is 2. The molecular weight excluding hydrogens is 409 g/mol. The molecule has 1 atom stereocenters. The van der Waals surface area contributed by atoms with Crippen molar-refractivity contribution >= 4 is 5.65 Å². The molecule has 0 radical (unpaired) electrons. The first kappa shape index (κ1) is 21.6. The average molecular weight is 434 g/mol. The van der Waals surface area contributed by atoms with Crippen LogP contribution in [0.15, 0.2) is 30.3 Å². The first-order chi connectivity index (χ1) is 14.8. The van der Waals surface area contributed by atoms with Crippen LogP contribution in [0, 0.1) is 6.92 Å². The molecule has 0 aliphatic carbocycles. The number of halogens is 3. The van der Waals surface area contributed by atoms with E-state index in [0.717, 1.165) is 40.4 Å². The maximum Gasteiger partial charge on any atom is 0.433 e. The minimum Gasteiger partial charge on any atom is -0.496 e. The number of hydrogen-bond donors (Lipinski definition) is 0. The van der Waals surface area contributed by atoms with Crippen LogP contribution in [-0.2, 0) is 24.1 Å². The lowest BCUT2D eigenvalue weighted by molar-refractivity contribution is -0.142. The van der Waals surface area contributed by atoms with Crippen LogP contribution in [0.3, 0.4) is 0 Å². The first-order valence-electron chi connectivity index (χ1n) is 10.1. The Labute approximate surface area is 178 Å². The van der Waals surface area contributed by atoms with E-state index in [4.69, 9.17) is 9.47 Å². The smallest absolute Gasteiger partial charge is 0.433 e. The number of benzene rings is 1. The van der Waals surface area contributed by atoms with Crippen molar-refractivity contribution in [3.63, 3.8) is 0 Å². The number of nitrogens with zero attached hydrogens (tertiary/aromatic N) is 4. The molecular formula is C22H25F3N4O2. The van der Waals surface area contributed by atoms with Gasteiger partial charge in [-0.25, -0.2) is 9.50 Å². The second-order valence-corrected chi connectivity index (χ2v) is 7.92. The number of aryl methyl sites for hydroxylation is 1. The molecule has 1 fully saturated rings. The largest absolute Gasteiger partial charge is 0.496 e. The van der Waals surface area contributed by atoms with Crippen LogP contribution in [-0.4, -0.2) is 46.8 Å². The van der Waals surface area contributed by atoms with E-state index in [1.165, 1.54) is 0 Å². The molecule has 31 heavy (non-hydrogen) atoms. The Morgan fingerprint density at radius 2 is 1.97 bits per heavy atom. The van der Waals surface area contributed by atoms with Crippen LogP contribution in [0.5, 0.6) is 5.75 Å². The molecule has 1 aliphatic rings. The van der Waals surface area contributed by atoms with Gasteiger partial charge in [0.2, 0.25) is 0 Å². The van der Waals surface area contributed by atoms with Crippen LogP contribution in [0.4, 0.5) is 13.2 Å². The number of fused-ring (bicyclic) bond motifs is 1.